The molecule has 1 N–H and O–H groups in total. The van der Waals surface area contributed by atoms with E-state index in [9.17, 15) is 9.46 Å². The van der Waals surface area contributed by atoms with Crippen LogP contribution in [-0.4, -0.2) is 30.1 Å². The van der Waals surface area contributed by atoms with E-state index in [0.717, 1.165) is 25.7 Å². The van der Waals surface area contributed by atoms with E-state index < -0.39 is 7.60 Å². The van der Waals surface area contributed by atoms with E-state index in [-0.39, 0.29) is 25.2 Å². The van der Waals surface area contributed by atoms with Gasteiger partial charge >= 0.3 is 7.60 Å². The Hall–Kier alpha value is -0.600. The van der Waals surface area contributed by atoms with Gasteiger partial charge in [-0.25, -0.2) is 0 Å². The Morgan fingerprint density at radius 1 is 1.35 bits per heavy atom. The molecule has 0 aromatic rings. The van der Waals surface area contributed by atoms with Crippen LogP contribution in [0.3, 0.4) is 0 Å². The number of nitrogens with zero attached hydrogens (tertiary/aromatic N) is 1. The maximum Gasteiger partial charge on any atom is 0.353 e. The highest BCUT2D eigenvalue weighted by molar-refractivity contribution is 7.52. The van der Waals surface area contributed by atoms with Gasteiger partial charge in [-0.2, -0.15) is 5.26 Å². The molecule has 1 aliphatic rings. The van der Waals surface area contributed by atoms with Gasteiger partial charge < -0.3 is 18.9 Å². The molecule has 17 heavy (non-hydrogen) atoms. The second kappa shape index (κ2) is 6.97. The van der Waals surface area contributed by atoms with Crippen molar-refractivity contribution < 1.29 is 23.5 Å². The monoisotopic (exact) mass is 263 g/mol. The zero-order valence-electron chi connectivity index (χ0n) is 9.87. The molecular formula is C10H18NO5P. The van der Waals surface area contributed by atoms with Crippen LogP contribution < -0.4 is 0 Å². The summed E-state index contributed by atoms with van der Waals surface area (Å²) in [7, 11) is -3.59. The number of hydrogen-bond acceptors (Lipinski definition) is 5. The van der Waals surface area contributed by atoms with Gasteiger partial charge in [0.25, 0.3) is 6.26 Å². The molecule has 7 heteroatoms. The summed E-state index contributed by atoms with van der Waals surface area (Å²) in [4.78, 5) is 9.32. The molecule has 0 bridgehead atoms. The van der Waals surface area contributed by atoms with Crippen LogP contribution in [0, 0.1) is 11.5 Å². The molecule has 1 fully saturated rings. The van der Waals surface area contributed by atoms with Crippen molar-refractivity contribution in [3.8, 4) is 6.26 Å². The van der Waals surface area contributed by atoms with E-state index in [2.05, 4.69) is 0 Å². The highest BCUT2D eigenvalue weighted by atomic mass is 31.2. The fraction of sp³-hybridized carbons (Fsp3) is 0.900. The molecule has 1 saturated carbocycles. The zero-order valence-corrected chi connectivity index (χ0v) is 10.8. The molecule has 0 aliphatic heterocycles. The third kappa shape index (κ3) is 5.51. The van der Waals surface area contributed by atoms with Crippen molar-refractivity contribution in [3.05, 3.63) is 0 Å². The van der Waals surface area contributed by atoms with Gasteiger partial charge in [0.15, 0.2) is 0 Å². The van der Waals surface area contributed by atoms with E-state index in [4.69, 9.17) is 19.3 Å². The standard InChI is InChI=1S/C10H18NO5P/c1-2-16-17(12,13)8-15-10-5-3-9(4-6-10)14-7-11/h9-10H,2-6,8H2,1H3,(H,12,13). The maximum atomic E-state index is 11.4. The summed E-state index contributed by atoms with van der Waals surface area (Å²) in [5, 5.41) is 8.36. The Balaban J connectivity index is 2.23. The minimum Gasteiger partial charge on any atom is -0.424 e. The quantitative estimate of drug-likeness (QED) is 0.582. The molecule has 0 saturated heterocycles. The third-order valence-electron chi connectivity index (χ3n) is 2.64. The predicted molar refractivity (Wildman–Crippen MR) is 60.1 cm³/mol. The maximum absolute atomic E-state index is 11.4. The lowest BCUT2D eigenvalue weighted by Crippen LogP contribution is -2.26. The lowest BCUT2D eigenvalue weighted by Gasteiger charge is -2.27. The minimum atomic E-state index is -3.59. The lowest BCUT2D eigenvalue weighted by molar-refractivity contribution is 0.00823. The molecule has 1 unspecified atom stereocenters. The fourth-order valence-corrected chi connectivity index (χ4v) is 2.71. The van der Waals surface area contributed by atoms with Crippen molar-refractivity contribution >= 4 is 7.60 Å². The summed E-state index contributed by atoms with van der Waals surface area (Å²) in [6.45, 7) is 1.85. The number of nitriles is 1. The summed E-state index contributed by atoms with van der Waals surface area (Å²) in [6, 6.07) is 0. The molecule has 0 aromatic heterocycles. The predicted octanol–water partition coefficient (Wildman–Crippen LogP) is 1.99. The topological polar surface area (TPSA) is 88.8 Å². The first-order valence-electron chi connectivity index (χ1n) is 5.70. The number of hydrogen-bond donors (Lipinski definition) is 1. The van der Waals surface area contributed by atoms with Crippen LogP contribution >= 0.6 is 7.60 Å². The van der Waals surface area contributed by atoms with Crippen LogP contribution in [0.1, 0.15) is 32.6 Å². The highest BCUT2D eigenvalue weighted by Gasteiger charge is 2.26. The zero-order chi connectivity index (χ0) is 12.7. The Morgan fingerprint density at radius 2 is 1.94 bits per heavy atom. The molecule has 6 nitrogen and oxygen atoms in total. The van der Waals surface area contributed by atoms with Crippen LogP contribution in [0.5, 0.6) is 0 Å². The minimum absolute atomic E-state index is 0.0346. The van der Waals surface area contributed by atoms with Crippen LogP contribution in [-0.2, 0) is 18.6 Å². The van der Waals surface area contributed by atoms with E-state index in [1.54, 1.807) is 13.2 Å². The second-order valence-electron chi connectivity index (χ2n) is 3.96. The van der Waals surface area contributed by atoms with Gasteiger partial charge in [0, 0.05) is 0 Å². The van der Waals surface area contributed by atoms with E-state index >= 15 is 0 Å². The summed E-state index contributed by atoms with van der Waals surface area (Å²) in [5.74, 6) is 0. The van der Waals surface area contributed by atoms with Crippen LogP contribution in [0.25, 0.3) is 0 Å². The first kappa shape index (κ1) is 14.5. The van der Waals surface area contributed by atoms with Crippen molar-refractivity contribution in [2.75, 3.05) is 13.0 Å². The average molecular weight is 263 g/mol. The van der Waals surface area contributed by atoms with Crippen molar-refractivity contribution in [2.24, 2.45) is 0 Å². The van der Waals surface area contributed by atoms with Crippen molar-refractivity contribution in [3.63, 3.8) is 0 Å². The van der Waals surface area contributed by atoms with Crippen molar-refractivity contribution in [2.45, 2.75) is 44.8 Å². The van der Waals surface area contributed by atoms with Crippen molar-refractivity contribution in [1.82, 2.24) is 0 Å². The fourth-order valence-electron chi connectivity index (χ4n) is 1.83. The molecule has 0 radical (unpaired) electrons. The number of rotatable bonds is 6. The van der Waals surface area contributed by atoms with Gasteiger partial charge in [0.05, 0.1) is 12.7 Å². The van der Waals surface area contributed by atoms with Gasteiger partial charge in [0.2, 0.25) is 0 Å². The Morgan fingerprint density at radius 3 is 2.47 bits per heavy atom. The highest BCUT2D eigenvalue weighted by Crippen LogP contribution is 2.42. The Labute approximate surface area is 101 Å². The third-order valence-corrected chi connectivity index (χ3v) is 3.78. The second-order valence-corrected chi connectivity index (χ2v) is 5.75. The summed E-state index contributed by atoms with van der Waals surface area (Å²) < 4.78 is 26.2. The molecule has 98 valence electrons. The Bertz CT molecular complexity index is 308. The van der Waals surface area contributed by atoms with Gasteiger partial charge in [-0.05, 0) is 32.6 Å². The van der Waals surface area contributed by atoms with E-state index in [1.807, 2.05) is 0 Å². The Kier molecular flexibility index (Phi) is 5.93. The van der Waals surface area contributed by atoms with Crippen LogP contribution in [0.15, 0.2) is 0 Å². The van der Waals surface area contributed by atoms with Gasteiger partial charge in [-0.15, -0.1) is 0 Å². The SMILES string of the molecule is CCOP(=O)(O)COC1CCC(OC#N)CC1. The summed E-state index contributed by atoms with van der Waals surface area (Å²) in [6.07, 6.45) is 4.28. The first-order chi connectivity index (χ1) is 8.07. The van der Waals surface area contributed by atoms with Crippen molar-refractivity contribution in [1.29, 1.82) is 5.26 Å². The molecule has 0 aromatic carbocycles. The molecule has 0 spiro atoms. The summed E-state index contributed by atoms with van der Waals surface area (Å²) in [5.41, 5.74) is 0. The number of ether oxygens (including phenoxy) is 2. The largest absolute Gasteiger partial charge is 0.424 e. The lowest BCUT2D eigenvalue weighted by atomic mass is 9.95. The van der Waals surface area contributed by atoms with Gasteiger partial charge in [0.1, 0.15) is 12.5 Å². The van der Waals surface area contributed by atoms with Crippen LogP contribution in [0.2, 0.25) is 0 Å². The molecular weight excluding hydrogens is 245 g/mol. The van der Waals surface area contributed by atoms with Gasteiger partial charge in [-0.3, -0.25) is 4.57 Å². The van der Waals surface area contributed by atoms with Crippen LogP contribution in [0.4, 0.5) is 0 Å². The molecule has 1 atom stereocenters. The van der Waals surface area contributed by atoms with E-state index in [0.29, 0.717) is 0 Å². The summed E-state index contributed by atoms with van der Waals surface area (Å²) >= 11 is 0. The van der Waals surface area contributed by atoms with E-state index in [1.165, 1.54) is 0 Å². The molecule has 0 heterocycles. The molecule has 1 rings (SSSR count). The molecule has 0 amide bonds. The first-order valence-corrected chi connectivity index (χ1v) is 7.46. The normalized spacial score (nSPS) is 28.1. The molecule has 1 aliphatic carbocycles. The average Bonchev–Trinajstić information content (AvgIpc) is 2.29. The van der Waals surface area contributed by atoms with Gasteiger partial charge in [-0.1, -0.05) is 0 Å². The smallest absolute Gasteiger partial charge is 0.353 e.